The predicted octanol–water partition coefficient (Wildman–Crippen LogP) is 1.82. The number of aliphatic hydroxyl groups excluding tert-OH is 1. The van der Waals surface area contributed by atoms with E-state index in [0.717, 1.165) is 11.1 Å². The standard InChI is InChI=1S/C28H36N2O6/c1-28(18-36-28)26(33)23(15-19-8-6-5-7-9-19)29-27(34)21(16-25(32)24(17-31)30(2)3)14-20-10-12-22(35-4)13-11-20/h5-13,21,23-24,31H,14-18H2,1-4H3,(H,29,34)/t21-,23+,24+,28-/m1/s1. The van der Waals surface area contributed by atoms with Crippen molar-refractivity contribution >= 4 is 17.5 Å². The summed E-state index contributed by atoms with van der Waals surface area (Å²) in [7, 11) is 5.00. The molecule has 1 amide bonds. The van der Waals surface area contributed by atoms with Gasteiger partial charge < -0.3 is 19.9 Å². The first-order valence-electron chi connectivity index (χ1n) is 12.1. The fraction of sp³-hybridized carbons (Fsp3) is 0.464. The summed E-state index contributed by atoms with van der Waals surface area (Å²) in [6.45, 7) is 1.70. The molecule has 1 aliphatic rings. The van der Waals surface area contributed by atoms with Gasteiger partial charge in [-0.15, -0.1) is 0 Å². The highest BCUT2D eigenvalue weighted by atomic mass is 16.6. The minimum Gasteiger partial charge on any atom is -0.497 e. The molecular weight excluding hydrogens is 460 g/mol. The zero-order valence-electron chi connectivity index (χ0n) is 21.4. The Hall–Kier alpha value is -3.07. The first kappa shape index (κ1) is 27.5. The first-order chi connectivity index (χ1) is 17.2. The predicted molar refractivity (Wildman–Crippen MR) is 136 cm³/mol. The van der Waals surface area contributed by atoms with Crippen LogP contribution < -0.4 is 10.1 Å². The summed E-state index contributed by atoms with van der Waals surface area (Å²) in [6.07, 6.45) is 0.555. The van der Waals surface area contributed by atoms with Gasteiger partial charge in [0, 0.05) is 12.3 Å². The molecule has 0 aromatic heterocycles. The van der Waals surface area contributed by atoms with Gasteiger partial charge in [0.25, 0.3) is 0 Å². The van der Waals surface area contributed by atoms with Gasteiger partial charge in [0.15, 0.2) is 11.6 Å². The number of methoxy groups -OCH3 is 1. The van der Waals surface area contributed by atoms with Crippen LogP contribution in [0.15, 0.2) is 54.6 Å². The number of ketones is 2. The Morgan fingerprint density at radius 2 is 1.67 bits per heavy atom. The summed E-state index contributed by atoms with van der Waals surface area (Å²) < 4.78 is 10.6. The number of ether oxygens (including phenoxy) is 2. The molecule has 0 saturated carbocycles. The summed E-state index contributed by atoms with van der Waals surface area (Å²) in [4.78, 5) is 41.5. The lowest BCUT2D eigenvalue weighted by molar-refractivity contribution is -0.134. The molecule has 2 N–H and O–H groups in total. The van der Waals surface area contributed by atoms with E-state index in [0.29, 0.717) is 25.2 Å². The number of amides is 1. The third-order valence-electron chi connectivity index (χ3n) is 6.64. The van der Waals surface area contributed by atoms with Crippen LogP contribution in [-0.2, 0) is 32.0 Å². The van der Waals surface area contributed by atoms with E-state index in [-0.39, 0.29) is 30.5 Å². The molecule has 2 aromatic carbocycles. The highest BCUT2D eigenvalue weighted by Gasteiger charge is 2.50. The minimum absolute atomic E-state index is 0.0682. The summed E-state index contributed by atoms with van der Waals surface area (Å²) in [6, 6.07) is 15.3. The summed E-state index contributed by atoms with van der Waals surface area (Å²) in [5, 5.41) is 12.6. The lowest BCUT2D eigenvalue weighted by atomic mass is 9.89. The van der Waals surface area contributed by atoms with E-state index in [1.807, 2.05) is 42.5 Å². The number of hydrogen-bond donors (Lipinski definition) is 2. The number of aliphatic hydroxyl groups is 1. The number of nitrogens with one attached hydrogen (secondary N) is 1. The first-order valence-corrected chi connectivity index (χ1v) is 12.1. The normalized spacial score (nSPS) is 19.3. The van der Waals surface area contributed by atoms with Crippen molar-refractivity contribution in [1.82, 2.24) is 10.2 Å². The van der Waals surface area contributed by atoms with E-state index in [4.69, 9.17) is 9.47 Å². The molecule has 194 valence electrons. The molecule has 36 heavy (non-hydrogen) atoms. The van der Waals surface area contributed by atoms with E-state index in [2.05, 4.69) is 5.32 Å². The van der Waals surface area contributed by atoms with Crippen molar-refractivity contribution < 1.29 is 29.0 Å². The van der Waals surface area contributed by atoms with Crippen molar-refractivity contribution in [2.75, 3.05) is 34.4 Å². The zero-order chi connectivity index (χ0) is 26.3. The number of nitrogens with zero attached hydrogens (tertiary/aromatic N) is 1. The van der Waals surface area contributed by atoms with Crippen molar-refractivity contribution in [3.63, 3.8) is 0 Å². The molecule has 1 aliphatic heterocycles. The smallest absolute Gasteiger partial charge is 0.224 e. The van der Waals surface area contributed by atoms with Gasteiger partial charge in [0.2, 0.25) is 5.91 Å². The molecule has 3 rings (SSSR count). The van der Waals surface area contributed by atoms with Crippen LogP contribution in [0.4, 0.5) is 0 Å². The van der Waals surface area contributed by atoms with Crippen molar-refractivity contribution in [2.45, 2.75) is 43.9 Å². The molecule has 4 atom stereocenters. The number of Topliss-reactive ketones (excluding diaryl/α,β-unsaturated/α-hetero) is 2. The van der Waals surface area contributed by atoms with Crippen molar-refractivity contribution in [1.29, 1.82) is 0 Å². The van der Waals surface area contributed by atoms with Crippen molar-refractivity contribution in [3.05, 3.63) is 65.7 Å². The van der Waals surface area contributed by atoms with Crippen LogP contribution in [0.2, 0.25) is 0 Å². The summed E-state index contributed by atoms with van der Waals surface area (Å²) >= 11 is 0. The number of hydrogen-bond acceptors (Lipinski definition) is 7. The van der Waals surface area contributed by atoms with Gasteiger partial charge in [-0.3, -0.25) is 19.3 Å². The van der Waals surface area contributed by atoms with E-state index >= 15 is 0 Å². The highest BCUT2D eigenvalue weighted by Crippen LogP contribution is 2.29. The Morgan fingerprint density at radius 1 is 1.06 bits per heavy atom. The zero-order valence-corrected chi connectivity index (χ0v) is 21.4. The Kier molecular flexibility index (Phi) is 9.37. The number of carbonyl (C=O) groups excluding carboxylic acids is 3. The van der Waals surface area contributed by atoms with Crippen LogP contribution in [0.5, 0.6) is 5.75 Å². The number of rotatable bonds is 14. The molecule has 0 aliphatic carbocycles. The van der Waals surface area contributed by atoms with Gasteiger partial charge in [-0.2, -0.15) is 0 Å². The number of carbonyl (C=O) groups is 3. The fourth-order valence-corrected chi connectivity index (χ4v) is 4.20. The quantitative estimate of drug-likeness (QED) is 0.384. The summed E-state index contributed by atoms with van der Waals surface area (Å²) in [5.41, 5.74) is 0.870. The topological polar surface area (TPSA) is 108 Å². The van der Waals surface area contributed by atoms with Crippen LogP contribution in [0.25, 0.3) is 0 Å². The second-order valence-corrected chi connectivity index (χ2v) is 9.72. The van der Waals surface area contributed by atoms with Crippen LogP contribution in [0, 0.1) is 5.92 Å². The molecular formula is C28H36N2O6. The maximum absolute atomic E-state index is 13.6. The maximum atomic E-state index is 13.6. The molecule has 8 nitrogen and oxygen atoms in total. The van der Waals surface area contributed by atoms with E-state index in [1.54, 1.807) is 45.2 Å². The Balaban J connectivity index is 1.83. The fourth-order valence-electron chi connectivity index (χ4n) is 4.20. The van der Waals surface area contributed by atoms with Crippen LogP contribution in [-0.4, -0.2) is 79.6 Å². The molecule has 0 radical (unpaired) electrons. The van der Waals surface area contributed by atoms with Crippen molar-refractivity contribution in [3.8, 4) is 5.75 Å². The van der Waals surface area contributed by atoms with Gasteiger partial charge in [0.1, 0.15) is 11.4 Å². The molecule has 1 fully saturated rings. The molecule has 0 spiro atoms. The molecule has 0 unspecified atom stereocenters. The van der Waals surface area contributed by atoms with E-state index in [1.165, 1.54) is 0 Å². The Bertz CT molecular complexity index is 1030. The van der Waals surface area contributed by atoms with E-state index < -0.39 is 23.6 Å². The number of benzene rings is 2. The van der Waals surface area contributed by atoms with Crippen LogP contribution in [0.3, 0.4) is 0 Å². The van der Waals surface area contributed by atoms with Gasteiger partial charge in [-0.1, -0.05) is 42.5 Å². The molecule has 0 bridgehead atoms. The second-order valence-electron chi connectivity index (χ2n) is 9.72. The monoisotopic (exact) mass is 496 g/mol. The average Bonchev–Trinajstić information content (AvgIpc) is 3.62. The average molecular weight is 497 g/mol. The van der Waals surface area contributed by atoms with Crippen LogP contribution >= 0.6 is 0 Å². The van der Waals surface area contributed by atoms with Gasteiger partial charge >= 0.3 is 0 Å². The molecule has 1 saturated heterocycles. The Labute approximate surface area is 212 Å². The third kappa shape index (κ3) is 7.22. The summed E-state index contributed by atoms with van der Waals surface area (Å²) in [5.74, 6) is -0.836. The Morgan fingerprint density at radius 3 is 2.19 bits per heavy atom. The van der Waals surface area contributed by atoms with Gasteiger partial charge in [-0.25, -0.2) is 0 Å². The lowest BCUT2D eigenvalue weighted by Gasteiger charge is -2.26. The van der Waals surface area contributed by atoms with Gasteiger partial charge in [0.05, 0.1) is 32.4 Å². The van der Waals surface area contributed by atoms with Gasteiger partial charge in [-0.05, 0) is 57.1 Å². The second kappa shape index (κ2) is 12.3. The number of likely N-dealkylation sites (N-methyl/N-ethyl adjacent to an activating group) is 1. The van der Waals surface area contributed by atoms with Crippen LogP contribution in [0.1, 0.15) is 24.5 Å². The van der Waals surface area contributed by atoms with Crippen molar-refractivity contribution in [2.24, 2.45) is 5.92 Å². The minimum atomic E-state index is -0.902. The molecule has 1 heterocycles. The lowest BCUT2D eigenvalue weighted by Crippen LogP contribution is -2.50. The maximum Gasteiger partial charge on any atom is 0.224 e. The third-order valence-corrected chi connectivity index (χ3v) is 6.64. The molecule has 2 aromatic rings. The molecule has 8 heteroatoms. The van der Waals surface area contributed by atoms with E-state index in [9.17, 15) is 19.5 Å². The number of epoxide rings is 1. The largest absolute Gasteiger partial charge is 0.497 e. The highest BCUT2D eigenvalue weighted by molar-refractivity contribution is 5.98. The SMILES string of the molecule is COc1ccc(C[C@H](CC(=O)[C@H](CO)N(C)C)C(=O)N[C@@H](Cc2ccccc2)C(=O)[C@@]2(C)CO2)cc1.